The molecule has 26 heavy (non-hydrogen) atoms. The molecular weight excluding hydrogens is 354 g/mol. The Morgan fingerprint density at radius 1 is 1.12 bits per heavy atom. The van der Waals surface area contributed by atoms with Gasteiger partial charge in [0.25, 0.3) is 5.91 Å². The topological polar surface area (TPSA) is 105 Å². The van der Waals surface area contributed by atoms with Crippen LogP contribution in [0.2, 0.25) is 0 Å². The van der Waals surface area contributed by atoms with Crippen LogP contribution < -0.4 is 10.0 Å². The maximum absolute atomic E-state index is 12.3. The van der Waals surface area contributed by atoms with E-state index in [-0.39, 0.29) is 23.4 Å². The highest BCUT2D eigenvalue weighted by molar-refractivity contribution is 7.89. The number of nitrogens with one attached hydrogen (secondary N) is 2. The van der Waals surface area contributed by atoms with Crippen LogP contribution in [0.15, 0.2) is 53.6 Å². The highest BCUT2D eigenvalue weighted by Crippen LogP contribution is 2.11. The van der Waals surface area contributed by atoms with Gasteiger partial charge in [0, 0.05) is 17.8 Å². The molecule has 0 spiro atoms. The molecule has 0 aliphatic rings. The summed E-state index contributed by atoms with van der Waals surface area (Å²) in [6.07, 6.45) is 1.82. The van der Waals surface area contributed by atoms with Crippen LogP contribution in [-0.2, 0) is 16.6 Å². The van der Waals surface area contributed by atoms with Crippen LogP contribution in [0.4, 0.5) is 0 Å². The standard InChI is InChI=1S/C17H19N5O3S/c1-12(2)21-26(24,25)14-8-6-13(7-9-14)17(23)18-11-16-20-19-15-5-3-4-10-22(15)16/h3-10,12,21H,11H2,1-2H3,(H,18,23). The minimum atomic E-state index is -3.58. The third kappa shape index (κ3) is 3.89. The predicted molar refractivity (Wildman–Crippen MR) is 96.1 cm³/mol. The zero-order chi connectivity index (χ0) is 18.7. The van der Waals surface area contributed by atoms with Crippen molar-refractivity contribution in [1.82, 2.24) is 24.6 Å². The van der Waals surface area contributed by atoms with Gasteiger partial charge in [0.1, 0.15) is 0 Å². The summed E-state index contributed by atoms with van der Waals surface area (Å²) in [7, 11) is -3.58. The molecule has 0 saturated carbocycles. The van der Waals surface area contributed by atoms with E-state index >= 15 is 0 Å². The van der Waals surface area contributed by atoms with E-state index < -0.39 is 10.0 Å². The number of pyridine rings is 1. The zero-order valence-corrected chi connectivity index (χ0v) is 15.2. The predicted octanol–water partition coefficient (Wildman–Crippen LogP) is 1.35. The molecule has 0 aliphatic heterocycles. The van der Waals surface area contributed by atoms with Gasteiger partial charge in [-0.2, -0.15) is 0 Å². The molecule has 0 unspecified atom stereocenters. The summed E-state index contributed by atoms with van der Waals surface area (Å²) in [6, 6.07) is 11.1. The molecule has 0 bridgehead atoms. The van der Waals surface area contributed by atoms with E-state index in [1.807, 2.05) is 24.4 Å². The molecule has 0 fully saturated rings. The summed E-state index contributed by atoms with van der Waals surface area (Å²) < 4.78 is 28.5. The van der Waals surface area contributed by atoms with Crippen LogP contribution in [0.25, 0.3) is 5.65 Å². The van der Waals surface area contributed by atoms with Gasteiger partial charge < -0.3 is 5.32 Å². The molecule has 2 aromatic heterocycles. The average molecular weight is 373 g/mol. The van der Waals surface area contributed by atoms with E-state index in [4.69, 9.17) is 0 Å². The van der Waals surface area contributed by atoms with Crippen molar-refractivity contribution in [2.24, 2.45) is 0 Å². The zero-order valence-electron chi connectivity index (χ0n) is 14.4. The number of carbonyl (C=O) groups excluding carboxylic acids is 1. The molecule has 3 aromatic rings. The Labute approximate surface area is 151 Å². The molecule has 3 rings (SSSR count). The average Bonchev–Trinajstić information content (AvgIpc) is 3.02. The van der Waals surface area contributed by atoms with Crippen molar-refractivity contribution in [1.29, 1.82) is 0 Å². The highest BCUT2D eigenvalue weighted by Gasteiger charge is 2.16. The van der Waals surface area contributed by atoms with Crippen LogP contribution in [0.1, 0.15) is 30.0 Å². The quantitative estimate of drug-likeness (QED) is 0.678. The van der Waals surface area contributed by atoms with Crippen LogP contribution >= 0.6 is 0 Å². The second-order valence-electron chi connectivity index (χ2n) is 6.03. The smallest absolute Gasteiger partial charge is 0.251 e. The molecule has 8 nitrogen and oxygen atoms in total. The van der Waals surface area contributed by atoms with Crippen molar-refractivity contribution < 1.29 is 13.2 Å². The first-order valence-corrected chi connectivity index (χ1v) is 9.54. The molecule has 9 heteroatoms. The minimum absolute atomic E-state index is 0.117. The molecule has 136 valence electrons. The summed E-state index contributed by atoms with van der Waals surface area (Å²) >= 11 is 0. The van der Waals surface area contributed by atoms with Crippen molar-refractivity contribution in [2.75, 3.05) is 0 Å². The lowest BCUT2D eigenvalue weighted by Crippen LogP contribution is -2.30. The first-order valence-electron chi connectivity index (χ1n) is 8.06. The number of sulfonamides is 1. The number of rotatable bonds is 6. The molecule has 0 atom stereocenters. The van der Waals surface area contributed by atoms with Gasteiger partial charge in [-0.15, -0.1) is 10.2 Å². The molecule has 0 radical (unpaired) electrons. The lowest BCUT2D eigenvalue weighted by atomic mass is 10.2. The maximum Gasteiger partial charge on any atom is 0.251 e. The maximum atomic E-state index is 12.3. The third-order valence-electron chi connectivity index (χ3n) is 3.61. The molecule has 2 N–H and O–H groups in total. The number of hydrogen-bond acceptors (Lipinski definition) is 5. The summed E-state index contributed by atoms with van der Waals surface area (Å²) in [4.78, 5) is 12.4. The molecule has 0 saturated heterocycles. The molecule has 2 heterocycles. The third-order valence-corrected chi connectivity index (χ3v) is 5.28. The number of carbonyl (C=O) groups is 1. The summed E-state index contributed by atoms with van der Waals surface area (Å²) in [5.74, 6) is 0.285. The van der Waals surface area contributed by atoms with Gasteiger partial charge in [-0.05, 0) is 50.2 Å². The first kappa shape index (κ1) is 18.0. The van der Waals surface area contributed by atoms with E-state index in [0.717, 1.165) is 0 Å². The van der Waals surface area contributed by atoms with Gasteiger partial charge in [0.05, 0.1) is 11.4 Å². The first-order chi connectivity index (χ1) is 12.4. The Morgan fingerprint density at radius 2 is 1.85 bits per heavy atom. The van der Waals surface area contributed by atoms with Gasteiger partial charge in [-0.3, -0.25) is 9.20 Å². The molecular formula is C17H19N5O3S. The van der Waals surface area contributed by atoms with Gasteiger partial charge in [0.15, 0.2) is 11.5 Å². The van der Waals surface area contributed by atoms with Crippen LogP contribution in [0.3, 0.4) is 0 Å². The summed E-state index contributed by atoms with van der Waals surface area (Å²) in [6.45, 7) is 3.69. The van der Waals surface area contributed by atoms with E-state index in [2.05, 4.69) is 20.2 Å². The number of hydrogen-bond donors (Lipinski definition) is 2. The normalized spacial score (nSPS) is 11.8. The van der Waals surface area contributed by atoms with Crippen molar-refractivity contribution in [3.63, 3.8) is 0 Å². The molecule has 1 amide bonds. The van der Waals surface area contributed by atoms with E-state index in [1.165, 1.54) is 24.3 Å². The highest BCUT2D eigenvalue weighted by atomic mass is 32.2. The fourth-order valence-corrected chi connectivity index (χ4v) is 3.69. The van der Waals surface area contributed by atoms with E-state index in [1.54, 1.807) is 18.2 Å². The Balaban J connectivity index is 1.69. The Hall–Kier alpha value is -2.78. The Bertz CT molecular complexity index is 1030. The summed E-state index contributed by atoms with van der Waals surface area (Å²) in [5, 5.41) is 10.8. The van der Waals surface area contributed by atoms with E-state index in [9.17, 15) is 13.2 Å². The van der Waals surface area contributed by atoms with Crippen molar-refractivity contribution in [2.45, 2.75) is 31.3 Å². The Kier molecular flexibility index (Phi) is 5.01. The van der Waals surface area contributed by atoms with Crippen LogP contribution in [0.5, 0.6) is 0 Å². The monoisotopic (exact) mass is 373 g/mol. The largest absolute Gasteiger partial charge is 0.345 e. The molecule has 1 aromatic carbocycles. The lowest BCUT2D eigenvalue weighted by Gasteiger charge is -2.10. The summed E-state index contributed by atoms with van der Waals surface area (Å²) in [5.41, 5.74) is 1.06. The SMILES string of the molecule is CC(C)NS(=O)(=O)c1ccc(C(=O)NCc2nnc3ccccn23)cc1. The van der Waals surface area contributed by atoms with Crippen molar-refractivity contribution in [3.05, 3.63) is 60.0 Å². The van der Waals surface area contributed by atoms with Crippen molar-refractivity contribution >= 4 is 21.6 Å². The number of fused-ring (bicyclic) bond motifs is 1. The molecule has 0 aliphatic carbocycles. The fraction of sp³-hybridized carbons (Fsp3) is 0.235. The van der Waals surface area contributed by atoms with E-state index in [0.29, 0.717) is 17.0 Å². The second kappa shape index (κ2) is 7.22. The lowest BCUT2D eigenvalue weighted by molar-refractivity contribution is 0.0949. The second-order valence-corrected chi connectivity index (χ2v) is 7.74. The minimum Gasteiger partial charge on any atom is -0.345 e. The number of aromatic nitrogens is 3. The number of nitrogens with zero attached hydrogens (tertiary/aromatic N) is 3. The van der Waals surface area contributed by atoms with Crippen molar-refractivity contribution in [3.8, 4) is 0 Å². The number of amides is 1. The van der Waals surface area contributed by atoms with Gasteiger partial charge in [-0.1, -0.05) is 6.07 Å². The van der Waals surface area contributed by atoms with Crippen LogP contribution in [0, 0.1) is 0 Å². The fourth-order valence-electron chi connectivity index (χ4n) is 2.44. The van der Waals surface area contributed by atoms with Gasteiger partial charge >= 0.3 is 0 Å². The number of benzene rings is 1. The van der Waals surface area contributed by atoms with Gasteiger partial charge in [-0.25, -0.2) is 13.1 Å². The Morgan fingerprint density at radius 3 is 2.54 bits per heavy atom. The van der Waals surface area contributed by atoms with Gasteiger partial charge in [0.2, 0.25) is 10.0 Å². The van der Waals surface area contributed by atoms with Crippen LogP contribution in [-0.4, -0.2) is 35.0 Å².